The summed E-state index contributed by atoms with van der Waals surface area (Å²) in [6.07, 6.45) is 3.97. The van der Waals surface area contributed by atoms with Crippen molar-refractivity contribution in [2.24, 2.45) is 5.92 Å². The van der Waals surface area contributed by atoms with Crippen LogP contribution < -0.4 is 11.1 Å². The van der Waals surface area contributed by atoms with Crippen LogP contribution in [-0.2, 0) is 4.74 Å². The molecule has 1 aromatic heterocycles. The van der Waals surface area contributed by atoms with Gasteiger partial charge < -0.3 is 15.8 Å². The van der Waals surface area contributed by atoms with E-state index in [-0.39, 0.29) is 0 Å². The van der Waals surface area contributed by atoms with Crippen molar-refractivity contribution in [3.8, 4) is 0 Å². The molecule has 0 amide bonds. The molecule has 1 aromatic rings. The first kappa shape index (κ1) is 10.2. The molecule has 0 radical (unpaired) electrons. The monoisotopic (exact) mass is 207 g/mol. The highest BCUT2D eigenvalue weighted by Crippen LogP contribution is 2.18. The summed E-state index contributed by atoms with van der Waals surface area (Å²) in [6.45, 7) is 2.73. The Labute approximate surface area is 89.8 Å². The number of nitrogen functional groups attached to an aromatic ring is 1. The van der Waals surface area contributed by atoms with Crippen molar-refractivity contribution in [2.75, 3.05) is 30.8 Å². The summed E-state index contributed by atoms with van der Waals surface area (Å²) in [6, 6.07) is 3.85. The smallest absolute Gasteiger partial charge is 0.146 e. The zero-order valence-electron chi connectivity index (χ0n) is 8.78. The van der Waals surface area contributed by atoms with Gasteiger partial charge in [-0.25, -0.2) is 4.98 Å². The first-order valence-corrected chi connectivity index (χ1v) is 5.38. The van der Waals surface area contributed by atoms with Crippen LogP contribution in [0.2, 0.25) is 0 Å². The lowest BCUT2D eigenvalue weighted by Crippen LogP contribution is -2.23. The molecule has 4 nitrogen and oxygen atoms in total. The highest BCUT2D eigenvalue weighted by atomic mass is 16.5. The zero-order valence-corrected chi connectivity index (χ0v) is 8.78. The van der Waals surface area contributed by atoms with Crippen LogP contribution in [0.15, 0.2) is 18.3 Å². The molecule has 2 rings (SSSR count). The number of hydrogen-bond donors (Lipinski definition) is 2. The Balaban J connectivity index is 1.84. The standard InChI is InChI=1S/C11H17N3O/c12-11-10(2-1-5-13-11)14-8-9-3-6-15-7-4-9/h1-2,5,9,14H,3-4,6-8H2,(H2,12,13). The minimum absolute atomic E-state index is 0.574. The second kappa shape index (κ2) is 4.98. The number of anilines is 2. The molecule has 15 heavy (non-hydrogen) atoms. The van der Waals surface area contributed by atoms with Crippen LogP contribution in [0.1, 0.15) is 12.8 Å². The van der Waals surface area contributed by atoms with Gasteiger partial charge in [0.05, 0.1) is 5.69 Å². The molecule has 2 heterocycles. The third-order valence-electron chi connectivity index (χ3n) is 2.76. The minimum atomic E-state index is 0.574. The molecule has 4 heteroatoms. The van der Waals surface area contributed by atoms with Crippen molar-refractivity contribution >= 4 is 11.5 Å². The molecule has 82 valence electrons. The summed E-state index contributed by atoms with van der Waals surface area (Å²) in [4.78, 5) is 4.03. The van der Waals surface area contributed by atoms with Gasteiger partial charge in [-0.2, -0.15) is 0 Å². The average molecular weight is 207 g/mol. The Morgan fingerprint density at radius 1 is 1.47 bits per heavy atom. The zero-order chi connectivity index (χ0) is 10.5. The van der Waals surface area contributed by atoms with E-state index >= 15 is 0 Å². The number of aromatic nitrogens is 1. The van der Waals surface area contributed by atoms with Gasteiger partial charge in [-0.05, 0) is 30.9 Å². The number of rotatable bonds is 3. The van der Waals surface area contributed by atoms with E-state index in [9.17, 15) is 0 Å². The second-order valence-corrected chi connectivity index (χ2v) is 3.87. The van der Waals surface area contributed by atoms with E-state index in [2.05, 4.69) is 10.3 Å². The van der Waals surface area contributed by atoms with Crippen LogP contribution in [0.25, 0.3) is 0 Å². The van der Waals surface area contributed by atoms with Crippen molar-refractivity contribution in [1.29, 1.82) is 0 Å². The van der Waals surface area contributed by atoms with E-state index < -0.39 is 0 Å². The Morgan fingerprint density at radius 2 is 2.27 bits per heavy atom. The largest absolute Gasteiger partial charge is 0.382 e. The molecule has 3 N–H and O–H groups in total. The molecule has 0 spiro atoms. The molecular formula is C11H17N3O. The summed E-state index contributed by atoms with van der Waals surface area (Å²) in [5, 5.41) is 3.34. The van der Waals surface area contributed by atoms with Gasteiger partial charge in [0.25, 0.3) is 0 Å². The maximum Gasteiger partial charge on any atom is 0.146 e. The number of hydrogen-bond acceptors (Lipinski definition) is 4. The fourth-order valence-corrected chi connectivity index (χ4v) is 1.77. The number of pyridine rings is 1. The third kappa shape index (κ3) is 2.83. The Hall–Kier alpha value is -1.29. The van der Waals surface area contributed by atoms with Crippen LogP contribution >= 0.6 is 0 Å². The van der Waals surface area contributed by atoms with Crippen LogP contribution in [0, 0.1) is 5.92 Å². The highest BCUT2D eigenvalue weighted by molar-refractivity contribution is 5.60. The number of nitrogens with one attached hydrogen (secondary N) is 1. The molecule has 0 aliphatic carbocycles. The fraction of sp³-hybridized carbons (Fsp3) is 0.545. The molecule has 1 saturated heterocycles. The SMILES string of the molecule is Nc1ncccc1NCC1CCOCC1. The van der Waals surface area contributed by atoms with Gasteiger partial charge in [0, 0.05) is 26.0 Å². The van der Waals surface area contributed by atoms with E-state index in [0.29, 0.717) is 11.7 Å². The molecule has 0 saturated carbocycles. The van der Waals surface area contributed by atoms with Gasteiger partial charge in [-0.3, -0.25) is 0 Å². The topological polar surface area (TPSA) is 60.2 Å². The first-order chi connectivity index (χ1) is 7.36. The van der Waals surface area contributed by atoms with Crippen molar-refractivity contribution in [3.63, 3.8) is 0 Å². The fourth-order valence-electron chi connectivity index (χ4n) is 1.77. The van der Waals surface area contributed by atoms with E-state index in [1.54, 1.807) is 6.20 Å². The van der Waals surface area contributed by atoms with Gasteiger partial charge in [-0.1, -0.05) is 0 Å². The average Bonchev–Trinajstić information content (AvgIpc) is 2.29. The van der Waals surface area contributed by atoms with Crippen molar-refractivity contribution < 1.29 is 4.74 Å². The number of nitrogens with two attached hydrogens (primary N) is 1. The van der Waals surface area contributed by atoms with E-state index in [1.807, 2.05) is 12.1 Å². The number of nitrogens with zero attached hydrogens (tertiary/aromatic N) is 1. The van der Waals surface area contributed by atoms with Crippen LogP contribution in [0.3, 0.4) is 0 Å². The van der Waals surface area contributed by atoms with Gasteiger partial charge in [-0.15, -0.1) is 0 Å². The van der Waals surface area contributed by atoms with Crippen LogP contribution in [0.5, 0.6) is 0 Å². The van der Waals surface area contributed by atoms with Gasteiger partial charge in [0.2, 0.25) is 0 Å². The van der Waals surface area contributed by atoms with Crippen molar-refractivity contribution in [3.05, 3.63) is 18.3 Å². The minimum Gasteiger partial charge on any atom is -0.382 e. The van der Waals surface area contributed by atoms with E-state index in [1.165, 1.54) is 0 Å². The summed E-state index contributed by atoms with van der Waals surface area (Å²) in [7, 11) is 0. The van der Waals surface area contributed by atoms with Crippen LogP contribution in [0.4, 0.5) is 11.5 Å². The van der Waals surface area contributed by atoms with Gasteiger partial charge in [0.15, 0.2) is 0 Å². The van der Waals surface area contributed by atoms with Crippen LogP contribution in [-0.4, -0.2) is 24.7 Å². The van der Waals surface area contributed by atoms with E-state index in [0.717, 1.165) is 38.3 Å². The summed E-state index contributed by atoms with van der Waals surface area (Å²) < 4.78 is 5.31. The number of ether oxygens (including phenoxy) is 1. The molecule has 0 unspecified atom stereocenters. The normalized spacial score (nSPS) is 17.6. The Morgan fingerprint density at radius 3 is 3.00 bits per heavy atom. The molecule has 1 aliphatic heterocycles. The first-order valence-electron chi connectivity index (χ1n) is 5.38. The molecule has 1 fully saturated rings. The summed E-state index contributed by atoms with van der Waals surface area (Å²) >= 11 is 0. The quantitative estimate of drug-likeness (QED) is 0.788. The Bertz CT molecular complexity index is 310. The maximum absolute atomic E-state index is 5.74. The van der Waals surface area contributed by atoms with Gasteiger partial charge >= 0.3 is 0 Å². The second-order valence-electron chi connectivity index (χ2n) is 3.87. The highest BCUT2D eigenvalue weighted by Gasteiger charge is 2.13. The maximum atomic E-state index is 5.74. The summed E-state index contributed by atoms with van der Waals surface area (Å²) in [5.41, 5.74) is 6.67. The van der Waals surface area contributed by atoms with Gasteiger partial charge in [0.1, 0.15) is 5.82 Å². The molecule has 0 bridgehead atoms. The molecule has 0 aromatic carbocycles. The predicted octanol–water partition coefficient (Wildman–Crippen LogP) is 1.50. The van der Waals surface area contributed by atoms with E-state index in [4.69, 9.17) is 10.5 Å². The molecular weight excluding hydrogens is 190 g/mol. The molecule has 0 atom stereocenters. The lowest BCUT2D eigenvalue weighted by Gasteiger charge is -2.22. The van der Waals surface area contributed by atoms with Crippen molar-refractivity contribution in [2.45, 2.75) is 12.8 Å². The molecule has 1 aliphatic rings. The predicted molar refractivity (Wildman–Crippen MR) is 60.7 cm³/mol. The third-order valence-corrected chi connectivity index (χ3v) is 2.76. The lowest BCUT2D eigenvalue weighted by atomic mass is 10.0. The lowest BCUT2D eigenvalue weighted by molar-refractivity contribution is 0.0699. The Kier molecular flexibility index (Phi) is 3.40. The summed E-state index contributed by atoms with van der Waals surface area (Å²) in [5.74, 6) is 1.27. The van der Waals surface area contributed by atoms with Crippen molar-refractivity contribution in [1.82, 2.24) is 4.98 Å².